The molecule has 0 unspecified atom stereocenters. The van der Waals surface area contributed by atoms with Crippen molar-refractivity contribution in [2.24, 2.45) is 0 Å². The lowest BCUT2D eigenvalue weighted by Crippen LogP contribution is -2.14. The number of benzene rings is 1. The molecule has 1 aromatic heterocycles. The fraction of sp³-hybridized carbons (Fsp3) is 0.429. The molecule has 7 heteroatoms. The normalized spacial score (nSPS) is 10.5. The Morgan fingerprint density at radius 2 is 1.61 bits per heavy atom. The molecule has 0 aliphatic carbocycles. The van der Waals surface area contributed by atoms with Crippen molar-refractivity contribution in [3.05, 3.63) is 46.6 Å². The Morgan fingerprint density at radius 1 is 0.964 bits per heavy atom. The third-order valence-electron chi connectivity index (χ3n) is 4.19. The van der Waals surface area contributed by atoms with Crippen LogP contribution >= 0.6 is 0 Å². The summed E-state index contributed by atoms with van der Waals surface area (Å²) in [6.07, 6.45) is 0. The van der Waals surface area contributed by atoms with Crippen molar-refractivity contribution < 1.29 is 28.5 Å². The number of nitrogens with zero attached hydrogens (tertiary/aromatic N) is 1. The van der Waals surface area contributed by atoms with E-state index < -0.39 is 11.9 Å². The van der Waals surface area contributed by atoms with Crippen LogP contribution in [0.15, 0.2) is 24.3 Å². The fourth-order valence-electron chi connectivity index (χ4n) is 2.99. The van der Waals surface area contributed by atoms with Gasteiger partial charge < -0.3 is 23.5 Å². The van der Waals surface area contributed by atoms with Gasteiger partial charge in [-0.05, 0) is 45.4 Å². The number of carbonyl (C=O) groups is 2. The maximum Gasteiger partial charge on any atom is 0.344 e. The van der Waals surface area contributed by atoms with Crippen molar-refractivity contribution in [1.82, 2.24) is 4.57 Å². The molecule has 1 aromatic carbocycles. The maximum absolute atomic E-state index is 12.6. The number of rotatable bonds is 9. The van der Waals surface area contributed by atoms with Crippen LogP contribution in [0.5, 0.6) is 11.6 Å². The number of carbonyl (C=O) groups excluding carboxylic acids is 2. The standard InChI is InChI=1S/C21H27NO6/c1-6-26-19-18(21(24)28-8-3)17(20(23)27-7-2)14(4)22(19)13-15-10-9-11-16(12-15)25-5/h9-12H,6-8,13H2,1-5H3. The highest BCUT2D eigenvalue weighted by atomic mass is 16.5. The monoisotopic (exact) mass is 389 g/mol. The minimum atomic E-state index is -0.610. The summed E-state index contributed by atoms with van der Waals surface area (Å²) in [5, 5.41) is 0. The van der Waals surface area contributed by atoms with Crippen LogP contribution in [0.4, 0.5) is 0 Å². The molecule has 0 N–H and O–H groups in total. The van der Waals surface area contributed by atoms with Gasteiger partial charge in [-0.15, -0.1) is 0 Å². The van der Waals surface area contributed by atoms with Gasteiger partial charge in [0.05, 0.1) is 39.0 Å². The zero-order chi connectivity index (χ0) is 20.7. The number of methoxy groups -OCH3 is 1. The molecule has 0 atom stereocenters. The van der Waals surface area contributed by atoms with Crippen molar-refractivity contribution in [1.29, 1.82) is 0 Å². The van der Waals surface area contributed by atoms with Gasteiger partial charge in [0, 0.05) is 5.69 Å². The molecule has 0 fully saturated rings. The second-order valence-electron chi connectivity index (χ2n) is 5.95. The third kappa shape index (κ3) is 4.47. The number of hydrogen-bond acceptors (Lipinski definition) is 6. The zero-order valence-corrected chi connectivity index (χ0v) is 17.0. The lowest BCUT2D eigenvalue weighted by molar-refractivity contribution is 0.0476. The molecule has 0 amide bonds. The number of esters is 2. The molecule has 0 bridgehead atoms. The molecule has 28 heavy (non-hydrogen) atoms. The highest BCUT2D eigenvalue weighted by Crippen LogP contribution is 2.32. The van der Waals surface area contributed by atoms with E-state index in [-0.39, 0.29) is 24.3 Å². The number of hydrogen-bond donors (Lipinski definition) is 0. The van der Waals surface area contributed by atoms with Crippen molar-refractivity contribution in [3.8, 4) is 11.6 Å². The Labute approximate surface area is 165 Å². The minimum Gasteiger partial charge on any atom is -0.497 e. The van der Waals surface area contributed by atoms with Gasteiger partial charge in [-0.3, -0.25) is 0 Å². The lowest BCUT2D eigenvalue weighted by atomic mass is 10.1. The summed E-state index contributed by atoms with van der Waals surface area (Å²) in [4.78, 5) is 25.2. The van der Waals surface area contributed by atoms with Crippen molar-refractivity contribution in [2.45, 2.75) is 34.2 Å². The largest absolute Gasteiger partial charge is 0.497 e. The van der Waals surface area contributed by atoms with Gasteiger partial charge in [-0.1, -0.05) is 12.1 Å². The van der Waals surface area contributed by atoms with E-state index in [1.54, 1.807) is 32.4 Å². The molecule has 0 saturated heterocycles. The van der Waals surface area contributed by atoms with Crippen molar-refractivity contribution >= 4 is 11.9 Å². The van der Waals surface area contributed by atoms with Gasteiger partial charge in [0.1, 0.15) is 11.3 Å². The molecular weight excluding hydrogens is 362 g/mol. The first-order valence-corrected chi connectivity index (χ1v) is 9.31. The quantitative estimate of drug-likeness (QED) is 0.610. The minimum absolute atomic E-state index is 0.0996. The first-order valence-electron chi connectivity index (χ1n) is 9.31. The van der Waals surface area contributed by atoms with Crippen LogP contribution in [0.2, 0.25) is 0 Å². The summed E-state index contributed by atoms with van der Waals surface area (Å²) in [5.74, 6) is -0.171. The average molecular weight is 389 g/mol. The number of ether oxygens (including phenoxy) is 4. The molecule has 0 radical (unpaired) electrons. The maximum atomic E-state index is 12.6. The molecular formula is C21H27NO6. The average Bonchev–Trinajstić information content (AvgIpc) is 2.95. The summed E-state index contributed by atoms with van der Waals surface area (Å²) in [6.45, 7) is 8.12. The summed E-state index contributed by atoms with van der Waals surface area (Å²) < 4.78 is 23.2. The summed E-state index contributed by atoms with van der Waals surface area (Å²) >= 11 is 0. The zero-order valence-electron chi connectivity index (χ0n) is 17.0. The van der Waals surface area contributed by atoms with E-state index in [0.29, 0.717) is 24.7 Å². The molecule has 152 valence electrons. The molecule has 0 saturated carbocycles. The fourth-order valence-corrected chi connectivity index (χ4v) is 2.99. The van der Waals surface area contributed by atoms with Crippen LogP contribution in [-0.2, 0) is 16.0 Å². The Bertz CT molecular complexity index is 840. The topological polar surface area (TPSA) is 76.0 Å². The van der Waals surface area contributed by atoms with Gasteiger partial charge in [0.2, 0.25) is 5.88 Å². The Kier molecular flexibility index (Phi) is 7.49. The van der Waals surface area contributed by atoms with Gasteiger partial charge in [-0.2, -0.15) is 0 Å². The van der Waals surface area contributed by atoms with E-state index in [9.17, 15) is 9.59 Å². The van der Waals surface area contributed by atoms with Gasteiger partial charge >= 0.3 is 11.9 Å². The predicted molar refractivity (Wildman–Crippen MR) is 104 cm³/mol. The second kappa shape index (κ2) is 9.82. The Hall–Kier alpha value is -2.96. The SMILES string of the molecule is CCOC(=O)c1c(C(=O)OCC)c(OCC)n(Cc2cccc(OC)c2)c1C. The van der Waals surface area contributed by atoms with Crippen LogP contribution < -0.4 is 9.47 Å². The first-order chi connectivity index (χ1) is 13.5. The lowest BCUT2D eigenvalue weighted by Gasteiger charge is -2.13. The van der Waals surface area contributed by atoms with E-state index in [4.69, 9.17) is 18.9 Å². The van der Waals surface area contributed by atoms with Crippen LogP contribution in [0.1, 0.15) is 52.7 Å². The van der Waals surface area contributed by atoms with Gasteiger partial charge in [-0.25, -0.2) is 9.59 Å². The number of aromatic nitrogens is 1. The molecule has 0 aliphatic rings. The summed E-state index contributed by atoms with van der Waals surface area (Å²) in [6, 6.07) is 7.56. The van der Waals surface area contributed by atoms with E-state index >= 15 is 0 Å². The molecule has 1 heterocycles. The van der Waals surface area contributed by atoms with E-state index in [1.165, 1.54) is 0 Å². The smallest absolute Gasteiger partial charge is 0.344 e. The Balaban J connectivity index is 2.63. The highest BCUT2D eigenvalue weighted by molar-refractivity contribution is 6.06. The second-order valence-corrected chi connectivity index (χ2v) is 5.95. The van der Waals surface area contributed by atoms with Gasteiger partial charge in [0.15, 0.2) is 0 Å². The van der Waals surface area contributed by atoms with E-state index in [0.717, 1.165) is 11.3 Å². The first kappa shape index (κ1) is 21.3. The van der Waals surface area contributed by atoms with Crippen molar-refractivity contribution in [3.63, 3.8) is 0 Å². The molecule has 0 aliphatic heterocycles. The van der Waals surface area contributed by atoms with Gasteiger partial charge in [0.25, 0.3) is 0 Å². The van der Waals surface area contributed by atoms with Crippen LogP contribution in [0.25, 0.3) is 0 Å². The third-order valence-corrected chi connectivity index (χ3v) is 4.19. The summed E-state index contributed by atoms with van der Waals surface area (Å²) in [7, 11) is 1.60. The molecule has 7 nitrogen and oxygen atoms in total. The van der Waals surface area contributed by atoms with Crippen LogP contribution in [0, 0.1) is 6.92 Å². The molecule has 0 spiro atoms. The molecule has 2 rings (SSSR count). The van der Waals surface area contributed by atoms with E-state index in [2.05, 4.69) is 0 Å². The van der Waals surface area contributed by atoms with Crippen LogP contribution in [-0.4, -0.2) is 43.4 Å². The molecule has 2 aromatic rings. The highest BCUT2D eigenvalue weighted by Gasteiger charge is 2.32. The Morgan fingerprint density at radius 3 is 2.18 bits per heavy atom. The van der Waals surface area contributed by atoms with E-state index in [1.807, 2.05) is 31.2 Å². The van der Waals surface area contributed by atoms with Crippen LogP contribution in [0.3, 0.4) is 0 Å². The summed E-state index contributed by atoms with van der Waals surface area (Å²) in [5.41, 5.74) is 1.78. The predicted octanol–water partition coefficient (Wildman–Crippen LogP) is 3.61. The van der Waals surface area contributed by atoms with Crippen molar-refractivity contribution in [2.75, 3.05) is 26.9 Å².